The molecule has 1 amide bonds. The molecule has 0 aliphatic heterocycles. The Kier molecular flexibility index (Phi) is 5.09. The number of hydrogen-bond donors (Lipinski definition) is 2. The van der Waals surface area contributed by atoms with E-state index in [2.05, 4.69) is 15.5 Å². The lowest BCUT2D eigenvalue weighted by molar-refractivity contribution is 0.0952. The quantitative estimate of drug-likeness (QED) is 0.408. The van der Waals surface area contributed by atoms with Crippen molar-refractivity contribution < 1.29 is 14.4 Å². The summed E-state index contributed by atoms with van der Waals surface area (Å²) in [4.78, 5) is 17.7. The molecule has 0 saturated heterocycles. The molecule has 0 bridgehead atoms. The highest BCUT2D eigenvalue weighted by Gasteiger charge is 2.16. The van der Waals surface area contributed by atoms with E-state index < -0.39 is 0 Å². The van der Waals surface area contributed by atoms with Crippen LogP contribution in [0.25, 0.3) is 33.5 Å². The second kappa shape index (κ2) is 8.35. The number of nitrogens with one attached hydrogen (secondary N) is 1. The SMILES string of the molecule is O=C(NCc1ccc(-c2ccno2)cc1)c1cc(-c2ccccc2)nc2c(O)cccc12. The predicted molar refractivity (Wildman–Crippen MR) is 122 cm³/mol. The molecule has 0 radical (unpaired) electrons. The zero-order valence-electron chi connectivity index (χ0n) is 17.0. The van der Waals surface area contributed by atoms with E-state index in [0.29, 0.717) is 34.5 Å². The van der Waals surface area contributed by atoms with E-state index >= 15 is 0 Å². The van der Waals surface area contributed by atoms with Crippen LogP contribution in [0, 0.1) is 0 Å². The number of benzene rings is 3. The summed E-state index contributed by atoms with van der Waals surface area (Å²) in [5.74, 6) is 0.494. The molecule has 2 heterocycles. The predicted octanol–water partition coefficient (Wildman–Crippen LogP) is 5.19. The minimum absolute atomic E-state index is 0.0392. The average Bonchev–Trinajstić information content (AvgIpc) is 3.38. The van der Waals surface area contributed by atoms with Crippen LogP contribution in [0.1, 0.15) is 15.9 Å². The molecule has 6 heteroatoms. The highest BCUT2D eigenvalue weighted by molar-refractivity contribution is 6.08. The largest absolute Gasteiger partial charge is 0.506 e. The van der Waals surface area contributed by atoms with Gasteiger partial charge in [-0.05, 0) is 17.7 Å². The first kappa shape index (κ1) is 19.5. The van der Waals surface area contributed by atoms with Crippen molar-refractivity contribution in [3.05, 3.63) is 102 Å². The highest BCUT2D eigenvalue weighted by atomic mass is 16.5. The summed E-state index contributed by atoms with van der Waals surface area (Å²) in [7, 11) is 0. The Hall–Kier alpha value is -4.45. The smallest absolute Gasteiger partial charge is 0.252 e. The normalized spacial score (nSPS) is 10.9. The van der Waals surface area contributed by atoms with Crippen molar-refractivity contribution in [1.82, 2.24) is 15.5 Å². The van der Waals surface area contributed by atoms with E-state index in [1.165, 1.54) is 0 Å². The monoisotopic (exact) mass is 421 g/mol. The molecule has 0 fully saturated rings. The van der Waals surface area contributed by atoms with Gasteiger partial charge in [0.15, 0.2) is 5.76 Å². The van der Waals surface area contributed by atoms with Crippen LogP contribution in [0.3, 0.4) is 0 Å². The summed E-state index contributed by atoms with van der Waals surface area (Å²) >= 11 is 0. The fraction of sp³-hybridized carbons (Fsp3) is 0.0385. The molecule has 2 N–H and O–H groups in total. The van der Waals surface area contributed by atoms with Crippen molar-refractivity contribution in [1.29, 1.82) is 0 Å². The molecule has 0 aliphatic rings. The highest BCUT2D eigenvalue weighted by Crippen LogP contribution is 2.30. The van der Waals surface area contributed by atoms with Crippen LogP contribution in [0.2, 0.25) is 0 Å². The lowest BCUT2D eigenvalue weighted by Gasteiger charge is -2.12. The van der Waals surface area contributed by atoms with Crippen molar-refractivity contribution in [2.24, 2.45) is 0 Å². The molecule has 32 heavy (non-hydrogen) atoms. The number of nitrogens with zero attached hydrogens (tertiary/aromatic N) is 2. The van der Waals surface area contributed by atoms with Crippen LogP contribution < -0.4 is 5.32 Å². The number of para-hydroxylation sites is 1. The van der Waals surface area contributed by atoms with E-state index in [9.17, 15) is 9.90 Å². The fourth-order valence-electron chi connectivity index (χ4n) is 3.61. The molecule has 5 aromatic rings. The van der Waals surface area contributed by atoms with Gasteiger partial charge in [0.25, 0.3) is 5.91 Å². The van der Waals surface area contributed by atoms with E-state index in [1.807, 2.05) is 54.6 Å². The van der Waals surface area contributed by atoms with Gasteiger partial charge in [0.05, 0.1) is 17.5 Å². The molecular weight excluding hydrogens is 402 g/mol. The first-order chi connectivity index (χ1) is 15.7. The van der Waals surface area contributed by atoms with Crippen LogP contribution in [-0.2, 0) is 6.54 Å². The molecular formula is C26H19N3O3. The van der Waals surface area contributed by atoms with Crippen molar-refractivity contribution >= 4 is 16.8 Å². The van der Waals surface area contributed by atoms with Gasteiger partial charge < -0.3 is 14.9 Å². The van der Waals surface area contributed by atoms with Gasteiger partial charge in [-0.25, -0.2) is 4.98 Å². The Morgan fingerprint density at radius 3 is 2.47 bits per heavy atom. The molecule has 3 aromatic carbocycles. The first-order valence-electron chi connectivity index (χ1n) is 10.2. The van der Waals surface area contributed by atoms with Crippen molar-refractivity contribution in [3.8, 4) is 28.3 Å². The van der Waals surface area contributed by atoms with Gasteiger partial charge in [-0.15, -0.1) is 0 Å². The molecule has 5 rings (SSSR count). The number of aromatic nitrogens is 2. The Bertz CT molecular complexity index is 1380. The minimum atomic E-state index is -0.237. The zero-order valence-corrected chi connectivity index (χ0v) is 17.0. The van der Waals surface area contributed by atoms with Gasteiger partial charge in [0, 0.05) is 29.1 Å². The summed E-state index contributed by atoms with van der Waals surface area (Å²) in [5, 5.41) is 17.6. The molecule has 6 nitrogen and oxygen atoms in total. The van der Waals surface area contributed by atoms with E-state index in [1.54, 1.807) is 36.5 Å². The van der Waals surface area contributed by atoms with Crippen LogP contribution in [-0.4, -0.2) is 21.2 Å². The lowest BCUT2D eigenvalue weighted by Crippen LogP contribution is -2.23. The average molecular weight is 421 g/mol. The molecule has 0 saturated carbocycles. The van der Waals surface area contributed by atoms with Gasteiger partial charge in [-0.2, -0.15) is 0 Å². The van der Waals surface area contributed by atoms with Crippen LogP contribution in [0.15, 0.2) is 95.6 Å². The Balaban J connectivity index is 1.43. The second-order valence-corrected chi connectivity index (χ2v) is 7.35. The van der Waals surface area contributed by atoms with Crippen LogP contribution >= 0.6 is 0 Å². The standard InChI is InChI=1S/C26H19N3O3/c30-23-8-4-7-20-21(15-22(29-25(20)23)18-5-2-1-3-6-18)26(31)27-16-17-9-11-19(12-10-17)24-13-14-28-32-24/h1-15,30H,16H2,(H,27,31). The van der Waals surface area contributed by atoms with Crippen molar-refractivity contribution in [2.75, 3.05) is 0 Å². The third-order valence-electron chi connectivity index (χ3n) is 5.26. The maximum absolute atomic E-state index is 13.1. The number of phenols is 1. The van der Waals surface area contributed by atoms with E-state index in [4.69, 9.17) is 4.52 Å². The lowest BCUT2D eigenvalue weighted by atomic mass is 10.0. The summed E-state index contributed by atoms with van der Waals surface area (Å²) in [6, 6.07) is 25.9. The molecule has 0 atom stereocenters. The van der Waals surface area contributed by atoms with Crippen LogP contribution in [0.5, 0.6) is 5.75 Å². The number of carbonyl (C=O) groups is 1. The Morgan fingerprint density at radius 2 is 1.72 bits per heavy atom. The summed E-state index contributed by atoms with van der Waals surface area (Å²) < 4.78 is 5.17. The molecule has 0 aliphatic carbocycles. The summed E-state index contributed by atoms with van der Waals surface area (Å²) in [6.45, 7) is 0.360. The summed E-state index contributed by atoms with van der Waals surface area (Å²) in [5.41, 5.74) is 4.22. The molecule has 156 valence electrons. The van der Waals surface area contributed by atoms with E-state index in [-0.39, 0.29) is 11.7 Å². The van der Waals surface area contributed by atoms with Crippen molar-refractivity contribution in [3.63, 3.8) is 0 Å². The van der Waals surface area contributed by atoms with Gasteiger partial charge in [0.2, 0.25) is 0 Å². The Labute approximate surface area is 184 Å². The van der Waals surface area contributed by atoms with Gasteiger partial charge in [-0.3, -0.25) is 4.79 Å². The number of rotatable bonds is 5. The third kappa shape index (κ3) is 3.81. The summed E-state index contributed by atoms with van der Waals surface area (Å²) in [6.07, 6.45) is 1.60. The van der Waals surface area contributed by atoms with Gasteiger partial charge in [-0.1, -0.05) is 71.9 Å². The maximum atomic E-state index is 13.1. The molecule has 0 spiro atoms. The first-order valence-corrected chi connectivity index (χ1v) is 10.2. The number of amides is 1. The third-order valence-corrected chi connectivity index (χ3v) is 5.26. The number of pyridine rings is 1. The topological polar surface area (TPSA) is 88.3 Å². The van der Waals surface area contributed by atoms with Gasteiger partial charge in [0.1, 0.15) is 11.3 Å². The van der Waals surface area contributed by atoms with Crippen LogP contribution in [0.4, 0.5) is 0 Å². The number of aromatic hydroxyl groups is 1. The van der Waals surface area contributed by atoms with Crippen molar-refractivity contribution in [2.45, 2.75) is 6.54 Å². The zero-order chi connectivity index (χ0) is 21.9. The van der Waals surface area contributed by atoms with Gasteiger partial charge >= 0.3 is 0 Å². The fourth-order valence-corrected chi connectivity index (χ4v) is 3.61. The number of phenolic OH excluding ortho intramolecular Hbond substituents is 1. The Morgan fingerprint density at radius 1 is 0.906 bits per heavy atom. The maximum Gasteiger partial charge on any atom is 0.252 e. The second-order valence-electron chi connectivity index (χ2n) is 7.35. The number of hydrogen-bond acceptors (Lipinski definition) is 5. The number of fused-ring (bicyclic) bond motifs is 1. The van der Waals surface area contributed by atoms with E-state index in [0.717, 1.165) is 16.7 Å². The molecule has 0 unspecified atom stereocenters. The minimum Gasteiger partial charge on any atom is -0.506 e. The number of carbonyl (C=O) groups excluding carboxylic acids is 1. The molecule has 2 aromatic heterocycles.